The van der Waals surface area contributed by atoms with Crippen molar-refractivity contribution in [3.63, 3.8) is 0 Å². The molecule has 0 spiro atoms. The smallest absolute Gasteiger partial charge is 0.252 e. The summed E-state index contributed by atoms with van der Waals surface area (Å²) in [7, 11) is 0. The Labute approximate surface area is 138 Å². The van der Waals surface area contributed by atoms with Crippen molar-refractivity contribution in [3.05, 3.63) is 58.8 Å². The molecule has 1 aliphatic rings. The molecule has 1 saturated heterocycles. The molecule has 0 aliphatic carbocycles. The van der Waals surface area contributed by atoms with Crippen LogP contribution in [0, 0.1) is 5.92 Å². The minimum atomic E-state index is -0.0630. The Balaban J connectivity index is 1.52. The summed E-state index contributed by atoms with van der Waals surface area (Å²) >= 11 is 3.33. The fraction of sp³-hybridized carbons (Fsp3) is 0.294. The normalized spacial score (nSPS) is 17.5. The van der Waals surface area contributed by atoms with Gasteiger partial charge in [0.1, 0.15) is 0 Å². The average molecular weight is 360 g/mol. The highest BCUT2D eigenvalue weighted by Crippen LogP contribution is 2.23. The van der Waals surface area contributed by atoms with Crippen LogP contribution in [0.25, 0.3) is 0 Å². The summed E-state index contributed by atoms with van der Waals surface area (Å²) in [4.78, 5) is 18.5. The van der Waals surface area contributed by atoms with E-state index in [-0.39, 0.29) is 5.91 Å². The number of aromatic nitrogens is 1. The Morgan fingerprint density at radius 3 is 2.91 bits per heavy atom. The zero-order valence-electron chi connectivity index (χ0n) is 12.2. The predicted molar refractivity (Wildman–Crippen MR) is 91.0 cm³/mol. The summed E-state index contributed by atoms with van der Waals surface area (Å²) < 4.78 is 0.816. The molecule has 1 aromatic carbocycles. The quantitative estimate of drug-likeness (QED) is 0.912. The number of halogens is 1. The Morgan fingerprint density at radius 2 is 2.14 bits per heavy atom. The van der Waals surface area contributed by atoms with Gasteiger partial charge >= 0.3 is 0 Å². The van der Waals surface area contributed by atoms with E-state index < -0.39 is 0 Å². The number of hydrogen-bond acceptors (Lipinski definition) is 3. The Morgan fingerprint density at radius 1 is 1.32 bits per heavy atom. The van der Waals surface area contributed by atoms with Gasteiger partial charge in [-0.1, -0.05) is 18.2 Å². The lowest BCUT2D eigenvalue weighted by atomic mass is 10.1. The monoisotopic (exact) mass is 359 g/mol. The Hall–Kier alpha value is -1.88. The molecule has 5 heteroatoms. The van der Waals surface area contributed by atoms with Crippen molar-refractivity contribution in [2.24, 2.45) is 5.92 Å². The fourth-order valence-corrected chi connectivity index (χ4v) is 3.11. The molecule has 114 valence electrons. The molecule has 1 atom stereocenters. The van der Waals surface area contributed by atoms with Crippen LogP contribution in [0.4, 0.5) is 5.69 Å². The van der Waals surface area contributed by atoms with Gasteiger partial charge in [-0.25, -0.2) is 0 Å². The minimum Gasteiger partial charge on any atom is -0.371 e. The first-order chi connectivity index (χ1) is 10.7. The van der Waals surface area contributed by atoms with Crippen molar-refractivity contribution in [1.29, 1.82) is 0 Å². The number of nitrogens with zero attached hydrogens (tertiary/aromatic N) is 2. The highest BCUT2D eigenvalue weighted by atomic mass is 79.9. The third-order valence-electron chi connectivity index (χ3n) is 3.93. The summed E-state index contributed by atoms with van der Waals surface area (Å²) in [6.07, 6.45) is 4.36. The molecule has 1 aliphatic heterocycles. The minimum absolute atomic E-state index is 0.0630. The fourth-order valence-electron chi connectivity index (χ4n) is 2.75. The van der Waals surface area contributed by atoms with E-state index in [2.05, 4.69) is 55.4 Å². The van der Waals surface area contributed by atoms with Crippen molar-refractivity contribution in [2.45, 2.75) is 6.42 Å². The molecule has 0 radical (unpaired) electrons. The number of carbonyl (C=O) groups excluding carboxylic acids is 1. The first-order valence-corrected chi connectivity index (χ1v) is 8.20. The molecule has 1 N–H and O–H groups in total. The lowest BCUT2D eigenvalue weighted by molar-refractivity contribution is 0.0948. The number of anilines is 1. The maximum absolute atomic E-state index is 12.1. The van der Waals surface area contributed by atoms with Crippen molar-refractivity contribution in [1.82, 2.24) is 10.3 Å². The van der Waals surface area contributed by atoms with Gasteiger partial charge in [0.2, 0.25) is 0 Å². The van der Waals surface area contributed by atoms with Crippen LogP contribution in [-0.2, 0) is 0 Å². The standard InChI is InChI=1S/C17H18BrN3O/c18-15-8-14(10-19-11-15)17(22)20-9-13-6-7-21(12-13)16-4-2-1-3-5-16/h1-5,8,10-11,13H,6-7,9,12H2,(H,20,22)/t13-/m1/s1. The summed E-state index contributed by atoms with van der Waals surface area (Å²) in [6, 6.07) is 12.2. The first-order valence-electron chi connectivity index (χ1n) is 7.41. The second-order valence-corrected chi connectivity index (χ2v) is 6.45. The van der Waals surface area contributed by atoms with Crippen molar-refractivity contribution >= 4 is 27.5 Å². The number of amides is 1. The molecule has 2 heterocycles. The van der Waals surface area contributed by atoms with E-state index in [4.69, 9.17) is 0 Å². The molecule has 0 unspecified atom stereocenters. The molecule has 1 aromatic heterocycles. The maximum atomic E-state index is 12.1. The number of nitrogens with one attached hydrogen (secondary N) is 1. The van der Waals surface area contributed by atoms with Crippen molar-refractivity contribution in [3.8, 4) is 0 Å². The van der Waals surface area contributed by atoms with Gasteiger partial charge in [0.25, 0.3) is 5.91 Å². The van der Waals surface area contributed by atoms with Crippen molar-refractivity contribution in [2.75, 3.05) is 24.5 Å². The molecule has 2 aromatic rings. The second kappa shape index (κ2) is 6.92. The molecule has 3 rings (SSSR count). The van der Waals surface area contributed by atoms with E-state index in [1.165, 1.54) is 5.69 Å². The third kappa shape index (κ3) is 3.65. The lowest BCUT2D eigenvalue weighted by Crippen LogP contribution is -2.31. The average Bonchev–Trinajstić information content (AvgIpc) is 3.02. The number of hydrogen-bond donors (Lipinski definition) is 1. The summed E-state index contributed by atoms with van der Waals surface area (Å²) in [5.74, 6) is 0.427. The van der Waals surface area contributed by atoms with Gasteiger partial charge in [-0.05, 0) is 46.5 Å². The zero-order valence-corrected chi connectivity index (χ0v) is 13.8. The second-order valence-electron chi connectivity index (χ2n) is 5.54. The molecule has 1 fully saturated rings. The number of benzene rings is 1. The Bertz CT molecular complexity index is 647. The van der Waals surface area contributed by atoms with Gasteiger partial charge in [0, 0.05) is 42.2 Å². The SMILES string of the molecule is O=C(NC[C@H]1CCN(c2ccccc2)C1)c1cncc(Br)c1. The highest BCUT2D eigenvalue weighted by Gasteiger charge is 2.23. The molecule has 4 nitrogen and oxygen atoms in total. The van der Waals surface area contributed by atoms with Crippen LogP contribution in [0.5, 0.6) is 0 Å². The van der Waals surface area contributed by atoms with Gasteiger partial charge in [-0.2, -0.15) is 0 Å². The van der Waals surface area contributed by atoms with Crippen LogP contribution in [-0.4, -0.2) is 30.5 Å². The summed E-state index contributed by atoms with van der Waals surface area (Å²) in [5, 5.41) is 3.01. The summed E-state index contributed by atoms with van der Waals surface area (Å²) in [6.45, 7) is 2.73. The van der Waals surface area contributed by atoms with E-state index in [9.17, 15) is 4.79 Å². The van der Waals surface area contributed by atoms with E-state index in [0.717, 1.165) is 24.0 Å². The molecule has 0 saturated carbocycles. The molecular formula is C17H18BrN3O. The van der Waals surface area contributed by atoms with Gasteiger partial charge in [0.05, 0.1) is 5.56 Å². The van der Waals surface area contributed by atoms with Gasteiger partial charge in [-0.15, -0.1) is 0 Å². The highest BCUT2D eigenvalue weighted by molar-refractivity contribution is 9.10. The van der Waals surface area contributed by atoms with E-state index in [0.29, 0.717) is 18.0 Å². The third-order valence-corrected chi connectivity index (χ3v) is 4.36. The molecule has 22 heavy (non-hydrogen) atoms. The van der Waals surface area contributed by atoms with Crippen LogP contribution < -0.4 is 10.2 Å². The van der Waals surface area contributed by atoms with E-state index in [1.54, 1.807) is 18.5 Å². The Kier molecular flexibility index (Phi) is 4.73. The van der Waals surface area contributed by atoms with E-state index in [1.807, 2.05) is 6.07 Å². The van der Waals surface area contributed by atoms with Gasteiger partial charge < -0.3 is 10.2 Å². The maximum Gasteiger partial charge on any atom is 0.252 e. The number of carbonyl (C=O) groups is 1. The predicted octanol–water partition coefficient (Wildman–Crippen LogP) is 3.10. The van der Waals surface area contributed by atoms with Gasteiger partial charge in [0.15, 0.2) is 0 Å². The first kappa shape index (κ1) is 15.0. The topological polar surface area (TPSA) is 45.2 Å². The number of para-hydroxylation sites is 1. The summed E-state index contributed by atoms with van der Waals surface area (Å²) in [5.41, 5.74) is 1.85. The van der Waals surface area contributed by atoms with Crippen LogP contribution in [0.1, 0.15) is 16.8 Å². The van der Waals surface area contributed by atoms with Crippen LogP contribution in [0.2, 0.25) is 0 Å². The van der Waals surface area contributed by atoms with Crippen LogP contribution in [0.15, 0.2) is 53.3 Å². The largest absolute Gasteiger partial charge is 0.371 e. The van der Waals surface area contributed by atoms with Crippen LogP contribution in [0.3, 0.4) is 0 Å². The van der Waals surface area contributed by atoms with Gasteiger partial charge in [-0.3, -0.25) is 9.78 Å². The molecule has 0 bridgehead atoms. The zero-order chi connectivity index (χ0) is 15.4. The van der Waals surface area contributed by atoms with Crippen molar-refractivity contribution < 1.29 is 4.79 Å². The van der Waals surface area contributed by atoms with Crippen LogP contribution >= 0.6 is 15.9 Å². The molecule has 1 amide bonds. The number of pyridine rings is 1. The molecular weight excluding hydrogens is 342 g/mol. The van der Waals surface area contributed by atoms with E-state index >= 15 is 0 Å². The lowest BCUT2D eigenvalue weighted by Gasteiger charge is -2.18. The number of rotatable bonds is 4.